The Morgan fingerprint density at radius 2 is 2.20 bits per heavy atom. The van der Waals surface area contributed by atoms with E-state index in [0.29, 0.717) is 23.7 Å². The third-order valence-corrected chi connectivity index (χ3v) is 5.12. The molecule has 3 N–H and O–H groups in total. The standard InChI is InChI=1S/C13H14N2O3S2/c14-10-6-9-2-1-4-18-13(9)12(7-10)20(16,17)15-11-3-5-19-8-11/h3,5-8,15H,1-2,4,14H2. The van der Waals surface area contributed by atoms with E-state index < -0.39 is 10.0 Å². The van der Waals surface area contributed by atoms with Crippen LogP contribution in [-0.4, -0.2) is 15.0 Å². The monoisotopic (exact) mass is 310 g/mol. The molecular formula is C13H14N2O3S2. The Bertz CT molecular complexity index is 724. The summed E-state index contributed by atoms with van der Waals surface area (Å²) in [7, 11) is -3.70. The zero-order valence-corrected chi connectivity index (χ0v) is 12.3. The van der Waals surface area contributed by atoms with E-state index in [0.717, 1.165) is 18.4 Å². The van der Waals surface area contributed by atoms with E-state index in [9.17, 15) is 8.42 Å². The lowest BCUT2D eigenvalue weighted by molar-refractivity contribution is 0.280. The van der Waals surface area contributed by atoms with E-state index in [4.69, 9.17) is 10.5 Å². The smallest absolute Gasteiger partial charge is 0.265 e. The maximum atomic E-state index is 12.5. The Kier molecular flexibility index (Phi) is 3.31. The van der Waals surface area contributed by atoms with Gasteiger partial charge >= 0.3 is 0 Å². The number of fused-ring (bicyclic) bond motifs is 1. The minimum Gasteiger partial charge on any atom is -0.492 e. The first-order valence-electron chi connectivity index (χ1n) is 6.16. The Hall–Kier alpha value is -1.73. The SMILES string of the molecule is Nc1cc2c(c(S(=O)(=O)Nc3ccsc3)c1)OCCC2. The highest BCUT2D eigenvalue weighted by Crippen LogP contribution is 2.35. The van der Waals surface area contributed by atoms with Crippen molar-refractivity contribution in [3.05, 3.63) is 34.5 Å². The van der Waals surface area contributed by atoms with E-state index in [2.05, 4.69) is 4.72 Å². The lowest BCUT2D eigenvalue weighted by Crippen LogP contribution is -2.18. The van der Waals surface area contributed by atoms with E-state index in [1.54, 1.807) is 17.5 Å². The molecule has 0 amide bonds. The molecule has 1 aliphatic heterocycles. The molecule has 106 valence electrons. The molecule has 0 aliphatic carbocycles. The number of ether oxygens (including phenoxy) is 1. The van der Waals surface area contributed by atoms with Gasteiger partial charge in [-0.05, 0) is 42.0 Å². The van der Waals surface area contributed by atoms with Crippen LogP contribution in [0.3, 0.4) is 0 Å². The van der Waals surface area contributed by atoms with Gasteiger partial charge in [0.25, 0.3) is 10.0 Å². The van der Waals surface area contributed by atoms with E-state index in [1.807, 2.05) is 5.38 Å². The molecule has 0 saturated carbocycles. The minimum absolute atomic E-state index is 0.110. The number of hydrogen-bond acceptors (Lipinski definition) is 5. The van der Waals surface area contributed by atoms with Crippen LogP contribution in [0, 0.1) is 0 Å². The van der Waals surface area contributed by atoms with Crippen LogP contribution in [0.25, 0.3) is 0 Å². The predicted molar refractivity (Wildman–Crippen MR) is 79.8 cm³/mol. The van der Waals surface area contributed by atoms with Crippen LogP contribution in [0.2, 0.25) is 0 Å². The fraction of sp³-hybridized carbons (Fsp3) is 0.231. The molecule has 7 heteroatoms. The van der Waals surface area contributed by atoms with Crippen molar-refractivity contribution in [3.63, 3.8) is 0 Å². The first kappa shape index (κ1) is 13.3. The van der Waals surface area contributed by atoms with Crippen molar-refractivity contribution < 1.29 is 13.2 Å². The van der Waals surface area contributed by atoms with Gasteiger partial charge < -0.3 is 10.5 Å². The number of anilines is 2. The minimum atomic E-state index is -3.70. The van der Waals surface area contributed by atoms with Crippen molar-refractivity contribution in [1.82, 2.24) is 0 Å². The number of nitrogens with one attached hydrogen (secondary N) is 1. The van der Waals surface area contributed by atoms with Crippen molar-refractivity contribution >= 4 is 32.7 Å². The molecule has 1 aromatic carbocycles. The average Bonchev–Trinajstić information content (AvgIpc) is 2.89. The number of nitrogen functional groups attached to an aromatic ring is 1. The molecular weight excluding hydrogens is 296 g/mol. The second-order valence-corrected chi connectivity index (χ2v) is 7.01. The van der Waals surface area contributed by atoms with Gasteiger partial charge in [0, 0.05) is 11.1 Å². The molecule has 20 heavy (non-hydrogen) atoms. The highest BCUT2D eigenvalue weighted by molar-refractivity contribution is 7.92. The maximum absolute atomic E-state index is 12.5. The first-order valence-corrected chi connectivity index (χ1v) is 8.59. The number of thiophene rings is 1. The van der Waals surface area contributed by atoms with E-state index in [-0.39, 0.29) is 4.90 Å². The Morgan fingerprint density at radius 1 is 1.35 bits per heavy atom. The predicted octanol–water partition coefficient (Wildman–Crippen LogP) is 2.46. The van der Waals surface area contributed by atoms with Crippen LogP contribution in [0.4, 0.5) is 11.4 Å². The molecule has 1 aliphatic rings. The van der Waals surface area contributed by atoms with Crippen LogP contribution in [0.5, 0.6) is 5.75 Å². The molecule has 0 spiro atoms. The second-order valence-electron chi connectivity index (χ2n) is 4.58. The topological polar surface area (TPSA) is 81.4 Å². The number of aryl methyl sites for hydroxylation is 1. The van der Waals surface area contributed by atoms with Gasteiger partial charge in [0.2, 0.25) is 0 Å². The van der Waals surface area contributed by atoms with Gasteiger partial charge in [-0.15, -0.1) is 0 Å². The Labute approximate surface area is 121 Å². The lowest BCUT2D eigenvalue weighted by atomic mass is 10.1. The van der Waals surface area contributed by atoms with Crippen LogP contribution >= 0.6 is 11.3 Å². The number of benzene rings is 1. The number of rotatable bonds is 3. The maximum Gasteiger partial charge on any atom is 0.265 e. The molecule has 5 nitrogen and oxygen atoms in total. The lowest BCUT2D eigenvalue weighted by Gasteiger charge is -2.21. The summed E-state index contributed by atoms with van der Waals surface area (Å²) in [4.78, 5) is 0.110. The van der Waals surface area contributed by atoms with Crippen molar-refractivity contribution in [2.45, 2.75) is 17.7 Å². The molecule has 0 bridgehead atoms. The first-order chi connectivity index (χ1) is 9.56. The molecule has 1 aromatic heterocycles. The highest BCUT2D eigenvalue weighted by atomic mass is 32.2. The van der Waals surface area contributed by atoms with Crippen LogP contribution in [-0.2, 0) is 16.4 Å². The molecule has 2 aromatic rings. The molecule has 0 radical (unpaired) electrons. The summed E-state index contributed by atoms with van der Waals surface area (Å²) in [6.45, 7) is 0.526. The molecule has 0 atom stereocenters. The third-order valence-electron chi connectivity index (χ3n) is 3.05. The van der Waals surface area contributed by atoms with Gasteiger partial charge in [-0.25, -0.2) is 8.42 Å². The quantitative estimate of drug-likeness (QED) is 0.853. The van der Waals surface area contributed by atoms with Gasteiger partial charge in [-0.1, -0.05) is 0 Å². The van der Waals surface area contributed by atoms with Gasteiger partial charge in [-0.3, -0.25) is 4.72 Å². The van der Waals surface area contributed by atoms with Gasteiger partial charge in [-0.2, -0.15) is 11.3 Å². The fourth-order valence-corrected chi connectivity index (χ4v) is 4.14. The Morgan fingerprint density at radius 3 is 2.95 bits per heavy atom. The summed E-state index contributed by atoms with van der Waals surface area (Å²) in [5.74, 6) is 0.424. The number of hydrogen-bond donors (Lipinski definition) is 2. The van der Waals surface area contributed by atoms with Crippen molar-refractivity contribution in [1.29, 1.82) is 0 Å². The van der Waals surface area contributed by atoms with Gasteiger partial charge in [0.1, 0.15) is 10.6 Å². The molecule has 0 fully saturated rings. The van der Waals surface area contributed by atoms with Crippen LogP contribution in [0.15, 0.2) is 33.9 Å². The van der Waals surface area contributed by atoms with Gasteiger partial charge in [0.15, 0.2) is 0 Å². The number of nitrogens with two attached hydrogens (primary N) is 1. The Balaban J connectivity index is 2.07. The average molecular weight is 310 g/mol. The zero-order valence-electron chi connectivity index (χ0n) is 10.6. The highest BCUT2D eigenvalue weighted by Gasteiger charge is 2.25. The normalized spacial score (nSPS) is 14.4. The zero-order chi connectivity index (χ0) is 14.2. The largest absolute Gasteiger partial charge is 0.492 e. The summed E-state index contributed by atoms with van der Waals surface area (Å²) in [5, 5.41) is 3.54. The van der Waals surface area contributed by atoms with Crippen LogP contribution < -0.4 is 15.2 Å². The van der Waals surface area contributed by atoms with Crippen molar-refractivity contribution in [2.24, 2.45) is 0 Å². The van der Waals surface area contributed by atoms with E-state index >= 15 is 0 Å². The fourth-order valence-electron chi connectivity index (χ4n) is 2.20. The number of sulfonamides is 1. The summed E-state index contributed by atoms with van der Waals surface area (Å²) >= 11 is 1.42. The molecule has 0 saturated heterocycles. The van der Waals surface area contributed by atoms with E-state index in [1.165, 1.54) is 17.4 Å². The van der Waals surface area contributed by atoms with Crippen LogP contribution in [0.1, 0.15) is 12.0 Å². The van der Waals surface area contributed by atoms with Crippen molar-refractivity contribution in [2.75, 3.05) is 17.1 Å². The summed E-state index contributed by atoms with van der Waals surface area (Å²) < 4.78 is 33.0. The molecule has 0 unspecified atom stereocenters. The molecule has 3 rings (SSSR count). The summed E-state index contributed by atoms with van der Waals surface area (Å²) in [6.07, 6.45) is 1.65. The summed E-state index contributed by atoms with van der Waals surface area (Å²) in [6, 6.07) is 4.93. The second kappa shape index (κ2) is 4.99. The third kappa shape index (κ3) is 2.46. The van der Waals surface area contributed by atoms with Crippen molar-refractivity contribution in [3.8, 4) is 5.75 Å². The molecule has 2 heterocycles. The van der Waals surface area contributed by atoms with Gasteiger partial charge in [0.05, 0.1) is 12.3 Å². The summed E-state index contributed by atoms with van der Waals surface area (Å²) in [5.41, 5.74) is 7.63.